The Labute approximate surface area is 225 Å². The fraction of sp³-hybridized carbons (Fsp3) is 0.607. The molecule has 3 aromatic rings. The van der Waals surface area contributed by atoms with Crippen LogP contribution in [0.2, 0.25) is 0 Å². The van der Waals surface area contributed by atoms with E-state index in [1.807, 2.05) is 31.4 Å². The van der Waals surface area contributed by atoms with Crippen molar-refractivity contribution in [3.63, 3.8) is 0 Å². The Morgan fingerprint density at radius 1 is 1.18 bits per heavy atom. The van der Waals surface area contributed by atoms with Gasteiger partial charge in [-0.1, -0.05) is 17.4 Å². The number of amides is 1. The molecule has 0 radical (unpaired) electrons. The molecule has 0 spiro atoms. The largest absolute Gasteiger partial charge is 0.466 e. The van der Waals surface area contributed by atoms with Gasteiger partial charge in [-0.05, 0) is 63.1 Å². The molecule has 0 unspecified atom stereocenters. The molecule has 1 aromatic carbocycles. The second-order valence-electron chi connectivity index (χ2n) is 11.2. The van der Waals surface area contributed by atoms with Crippen LogP contribution < -0.4 is 10.1 Å². The van der Waals surface area contributed by atoms with Crippen molar-refractivity contribution in [1.82, 2.24) is 25.0 Å². The molecule has 204 valence electrons. The number of hydrogen-bond donors (Lipinski definition) is 1. The lowest BCUT2D eigenvalue weighted by Crippen LogP contribution is -2.43. The smallest absolute Gasteiger partial charge is 0.273 e. The van der Waals surface area contributed by atoms with E-state index in [0.29, 0.717) is 16.7 Å². The maximum absolute atomic E-state index is 13.1. The van der Waals surface area contributed by atoms with Gasteiger partial charge in [-0.2, -0.15) is 5.10 Å². The van der Waals surface area contributed by atoms with Gasteiger partial charge in [0.05, 0.1) is 16.8 Å². The molecule has 3 aliphatic rings. The number of ether oxygens (including phenoxy) is 1. The highest BCUT2D eigenvalue weighted by Gasteiger charge is 2.47. The molecule has 6 rings (SSSR count). The minimum Gasteiger partial charge on any atom is -0.466 e. The zero-order valence-corrected chi connectivity index (χ0v) is 22.6. The van der Waals surface area contributed by atoms with Gasteiger partial charge in [0.25, 0.3) is 17.0 Å². The third-order valence-electron chi connectivity index (χ3n) is 8.34. The Balaban J connectivity index is 0.925. The Hall–Kier alpha value is -2.59. The van der Waals surface area contributed by atoms with E-state index < -0.39 is 12.0 Å². The summed E-state index contributed by atoms with van der Waals surface area (Å²) in [5.74, 6) is -1.87. The van der Waals surface area contributed by atoms with Crippen molar-refractivity contribution in [2.75, 3.05) is 19.6 Å². The SMILES string of the molecule is Cn1cc2c(C(=O)NC3CCC(CCN4CCc5nc(OC6CC(F)(F)C6)sc5CC4)CC3)cccc2n1. The molecule has 3 heterocycles. The van der Waals surface area contributed by atoms with Crippen LogP contribution in [-0.2, 0) is 19.9 Å². The molecular weight excluding hydrogens is 508 g/mol. The predicted octanol–water partition coefficient (Wildman–Crippen LogP) is 4.99. The van der Waals surface area contributed by atoms with E-state index in [-0.39, 0.29) is 24.8 Å². The van der Waals surface area contributed by atoms with Crippen molar-refractivity contribution >= 4 is 28.1 Å². The first kappa shape index (κ1) is 25.7. The summed E-state index contributed by atoms with van der Waals surface area (Å²) in [4.78, 5) is 21.4. The van der Waals surface area contributed by atoms with Crippen molar-refractivity contribution < 1.29 is 18.3 Å². The van der Waals surface area contributed by atoms with Crippen molar-refractivity contribution in [2.24, 2.45) is 13.0 Å². The molecular formula is C28H35F2N5O2S. The van der Waals surface area contributed by atoms with E-state index in [1.54, 1.807) is 4.68 Å². The van der Waals surface area contributed by atoms with Crippen molar-refractivity contribution in [3.8, 4) is 5.19 Å². The van der Waals surface area contributed by atoms with Gasteiger partial charge in [-0.15, -0.1) is 0 Å². The van der Waals surface area contributed by atoms with E-state index >= 15 is 0 Å². The summed E-state index contributed by atoms with van der Waals surface area (Å²) in [6.45, 7) is 3.06. The Morgan fingerprint density at radius 3 is 2.76 bits per heavy atom. The normalized spacial score (nSPS) is 24.0. The van der Waals surface area contributed by atoms with Gasteiger partial charge in [-0.3, -0.25) is 9.48 Å². The summed E-state index contributed by atoms with van der Waals surface area (Å²) >= 11 is 1.54. The Bertz CT molecular complexity index is 1270. The first-order chi connectivity index (χ1) is 18.3. The molecule has 1 amide bonds. The summed E-state index contributed by atoms with van der Waals surface area (Å²) < 4.78 is 33.6. The molecule has 2 saturated carbocycles. The zero-order chi connectivity index (χ0) is 26.3. The van der Waals surface area contributed by atoms with Gasteiger partial charge in [0, 0.05) is 61.9 Å². The van der Waals surface area contributed by atoms with Gasteiger partial charge in [0.1, 0.15) is 6.10 Å². The number of alkyl halides is 2. The van der Waals surface area contributed by atoms with Crippen LogP contribution in [0.1, 0.15) is 65.9 Å². The molecule has 2 fully saturated rings. The average Bonchev–Trinajstić information content (AvgIpc) is 3.39. The van der Waals surface area contributed by atoms with Crippen LogP contribution in [0.5, 0.6) is 5.19 Å². The first-order valence-corrected chi connectivity index (χ1v) is 14.6. The lowest BCUT2D eigenvalue weighted by molar-refractivity contribution is -0.134. The number of aromatic nitrogens is 3. The zero-order valence-electron chi connectivity index (χ0n) is 21.8. The maximum atomic E-state index is 13.1. The van der Waals surface area contributed by atoms with E-state index in [2.05, 4.69) is 20.3 Å². The number of carbonyl (C=O) groups excluding carboxylic acids is 1. The van der Waals surface area contributed by atoms with Crippen molar-refractivity contribution in [3.05, 3.63) is 40.5 Å². The summed E-state index contributed by atoms with van der Waals surface area (Å²) in [7, 11) is 1.88. The molecule has 38 heavy (non-hydrogen) atoms. The molecule has 10 heteroatoms. The lowest BCUT2D eigenvalue weighted by Gasteiger charge is -2.33. The minimum atomic E-state index is -2.57. The number of thiazole rings is 1. The van der Waals surface area contributed by atoms with Gasteiger partial charge < -0.3 is 15.0 Å². The highest BCUT2D eigenvalue weighted by Crippen LogP contribution is 2.41. The van der Waals surface area contributed by atoms with Gasteiger partial charge >= 0.3 is 0 Å². The van der Waals surface area contributed by atoms with E-state index in [1.165, 1.54) is 22.6 Å². The second kappa shape index (κ2) is 10.5. The maximum Gasteiger partial charge on any atom is 0.273 e. The Kier molecular flexibility index (Phi) is 7.11. The van der Waals surface area contributed by atoms with Gasteiger partial charge in [-0.25, -0.2) is 13.8 Å². The van der Waals surface area contributed by atoms with Gasteiger partial charge in [0.15, 0.2) is 0 Å². The molecule has 1 aliphatic heterocycles. The van der Waals surface area contributed by atoms with Crippen LogP contribution in [0.15, 0.2) is 24.4 Å². The monoisotopic (exact) mass is 543 g/mol. The minimum absolute atomic E-state index is 0.00289. The molecule has 1 N–H and O–H groups in total. The molecule has 0 bridgehead atoms. The van der Waals surface area contributed by atoms with E-state index in [0.717, 1.165) is 74.8 Å². The summed E-state index contributed by atoms with van der Waals surface area (Å²) in [6, 6.07) is 5.94. The number of benzene rings is 1. The molecule has 2 aromatic heterocycles. The third kappa shape index (κ3) is 5.71. The van der Waals surface area contributed by atoms with Gasteiger partial charge in [0.2, 0.25) is 0 Å². The van der Waals surface area contributed by atoms with Crippen LogP contribution in [0, 0.1) is 5.92 Å². The average molecular weight is 544 g/mol. The standard InChI is InChI=1S/C28H35F2N5O2S/c1-34-17-22-21(3-2-4-23(22)33-34)26(36)31-19-7-5-18(6-8-19)9-12-35-13-10-24-25(11-14-35)38-27(32-24)37-20-15-28(29,30)16-20/h2-4,17-20H,5-16H2,1H3,(H,31,36). The highest BCUT2D eigenvalue weighted by molar-refractivity contribution is 7.13. The van der Waals surface area contributed by atoms with E-state index in [9.17, 15) is 13.6 Å². The molecule has 0 atom stereocenters. The fourth-order valence-corrected chi connectivity index (χ4v) is 7.09. The van der Waals surface area contributed by atoms with Crippen LogP contribution in [0.3, 0.4) is 0 Å². The number of carbonyl (C=O) groups is 1. The van der Waals surface area contributed by atoms with Crippen LogP contribution in [-0.4, -0.2) is 63.3 Å². The van der Waals surface area contributed by atoms with Crippen LogP contribution in [0.4, 0.5) is 8.78 Å². The van der Waals surface area contributed by atoms with Crippen molar-refractivity contribution in [2.45, 2.75) is 75.9 Å². The van der Waals surface area contributed by atoms with E-state index in [4.69, 9.17) is 4.74 Å². The second-order valence-corrected chi connectivity index (χ2v) is 12.3. The number of fused-ring (bicyclic) bond motifs is 2. The summed E-state index contributed by atoms with van der Waals surface area (Å²) in [6.07, 6.45) is 8.48. The summed E-state index contributed by atoms with van der Waals surface area (Å²) in [5, 5.41) is 9.14. The highest BCUT2D eigenvalue weighted by atomic mass is 32.1. The third-order valence-corrected chi connectivity index (χ3v) is 9.39. The fourth-order valence-electron chi connectivity index (χ4n) is 6.08. The number of halogens is 2. The molecule has 2 aliphatic carbocycles. The van der Waals surface area contributed by atoms with Crippen molar-refractivity contribution in [1.29, 1.82) is 0 Å². The Morgan fingerprint density at radius 2 is 1.97 bits per heavy atom. The first-order valence-electron chi connectivity index (χ1n) is 13.8. The topological polar surface area (TPSA) is 72.3 Å². The van der Waals surface area contributed by atoms with Crippen LogP contribution >= 0.6 is 11.3 Å². The van der Waals surface area contributed by atoms with Crippen LogP contribution in [0.25, 0.3) is 10.9 Å². The number of hydrogen-bond acceptors (Lipinski definition) is 6. The lowest BCUT2D eigenvalue weighted by atomic mass is 9.84. The number of aryl methyl sites for hydroxylation is 1. The number of nitrogens with one attached hydrogen (secondary N) is 1. The predicted molar refractivity (Wildman–Crippen MR) is 143 cm³/mol. The quantitative estimate of drug-likeness (QED) is 0.455. The molecule has 7 nitrogen and oxygen atoms in total. The molecule has 0 saturated heterocycles. The summed E-state index contributed by atoms with van der Waals surface area (Å²) in [5.41, 5.74) is 2.62. The number of rotatable bonds is 7. The number of nitrogens with zero attached hydrogens (tertiary/aromatic N) is 4.